The molecule has 26 heavy (non-hydrogen) atoms. The molecule has 10 nitrogen and oxygen atoms in total. The second-order valence-corrected chi connectivity index (χ2v) is 7.06. The fourth-order valence-corrected chi connectivity index (χ4v) is 3.99. The molecule has 3 rings (SSSR count). The lowest BCUT2D eigenvalue weighted by atomic mass is 9.83. The van der Waals surface area contributed by atoms with E-state index < -0.39 is 67.5 Å². The molecule has 0 unspecified atom stereocenters. The number of aliphatic hydroxyl groups excluding tert-OH is 5. The molecule has 10 atom stereocenters. The number of hydrogen-bond donors (Lipinski definition) is 6. The Hall–Kier alpha value is -1.27. The summed E-state index contributed by atoms with van der Waals surface area (Å²) in [6.45, 7) is 1.15. The maximum Gasteiger partial charge on any atom is 0.334 e. The zero-order valence-electron chi connectivity index (χ0n) is 14.1. The van der Waals surface area contributed by atoms with Crippen LogP contribution in [0.3, 0.4) is 0 Å². The zero-order chi connectivity index (χ0) is 19.2. The van der Waals surface area contributed by atoms with Crippen molar-refractivity contribution in [3.05, 3.63) is 11.8 Å². The van der Waals surface area contributed by atoms with Crippen LogP contribution < -0.4 is 0 Å². The minimum atomic E-state index is -1.60. The van der Waals surface area contributed by atoms with Crippen LogP contribution in [0, 0.1) is 17.8 Å². The molecule has 0 aromatic heterocycles. The molecule has 1 aliphatic carbocycles. The summed E-state index contributed by atoms with van der Waals surface area (Å²) in [6.07, 6.45) is -7.71. The van der Waals surface area contributed by atoms with Gasteiger partial charge in [-0.1, -0.05) is 6.92 Å². The lowest BCUT2D eigenvalue weighted by Gasteiger charge is -2.43. The van der Waals surface area contributed by atoms with Gasteiger partial charge < -0.3 is 44.8 Å². The van der Waals surface area contributed by atoms with E-state index in [2.05, 4.69) is 0 Å². The third-order valence-electron chi connectivity index (χ3n) is 5.58. The summed E-state index contributed by atoms with van der Waals surface area (Å²) >= 11 is 0. The van der Waals surface area contributed by atoms with E-state index in [-0.39, 0.29) is 17.9 Å². The van der Waals surface area contributed by atoms with E-state index in [0.717, 1.165) is 6.26 Å². The average Bonchev–Trinajstić information content (AvgIpc) is 2.90. The summed E-state index contributed by atoms with van der Waals surface area (Å²) < 4.78 is 16.3. The predicted molar refractivity (Wildman–Crippen MR) is 82.2 cm³/mol. The highest BCUT2D eigenvalue weighted by Gasteiger charge is 2.53. The molecule has 2 fully saturated rings. The van der Waals surface area contributed by atoms with E-state index in [0.29, 0.717) is 0 Å². The van der Waals surface area contributed by atoms with Crippen molar-refractivity contribution in [2.45, 2.75) is 56.4 Å². The predicted octanol–water partition coefficient (Wildman–Crippen LogP) is -2.24. The summed E-state index contributed by atoms with van der Waals surface area (Å²) in [4.78, 5) is 11.4. The third kappa shape index (κ3) is 3.22. The van der Waals surface area contributed by atoms with Gasteiger partial charge >= 0.3 is 5.97 Å². The Kier molecular flexibility index (Phi) is 5.54. The SMILES string of the molecule is C[C@H]1[C@H]2[C@H](O[C@H]3O[C@H](CO)[C@@H](O)[C@H](O)[C@H]3O)OC=C(C(=O)O)[C@@H]2C[C@@H]1O. The first-order chi connectivity index (χ1) is 12.3. The summed E-state index contributed by atoms with van der Waals surface area (Å²) in [5.41, 5.74) is 0.0343. The number of carbonyl (C=O) groups is 1. The molecule has 0 radical (unpaired) electrons. The number of ether oxygens (including phenoxy) is 3. The average molecular weight is 376 g/mol. The van der Waals surface area contributed by atoms with E-state index in [1.165, 1.54) is 0 Å². The van der Waals surface area contributed by atoms with Crippen molar-refractivity contribution < 1.29 is 49.6 Å². The highest BCUT2D eigenvalue weighted by atomic mass is 16.8. The van der Waals surface area contributed by atoms with Gasteiger partial charge in [-0.25, -0.2) is 4.79 Å². The Morgan fingerprint density at radius 1 is 1.19 bits per heavy atom. The first-order valence-corrected chi connectivity index (χ1v) is 8.49. The van der Waals surface area contributed by atoms with Crippen LogP contribution in [0.4, 0.5) is 0 Å². The summed E-state index contributed by atoms with van der Waals surface area (Å²) in [5.74, 6) is -2.49. The van der Waals surface area contributed by atoms with Gasteiger partial charge in [0.15, 0.2) is 6.29 Å². The Morgan fingerprint density at radius 3 is 2.50 bits per heavy atom. The van der Waals surface area contributed by atoms with Crippen LogP contribution >= 0.6 is 0 Å². The van der Waals surface area contributed by atoms with Crippen LogP contribution in [0.2, 0.25) is 0 Å². The van der Waals surface area contributed by atoms with Gasteiger partial charge in [0.1, 0.15) is 24.4 Å². The Bertz CT molecular complexity index is 563. The van der Waals surface area contributed by atoms with E-state index in [1.807, 2.05) is 0 Å². The molecule has 148 valence electrons. The van der Waals surface area contributed by atoms with Crippen molar-refractivity contribution in [3.63, 3.8) is 0 Å². The molecule has 0 spiro atoms. The van der Waals surface area contributed by atoms with Crippen LogP contribution in [0.15, 0.2) is 11.8 Å². The van der Waals surface area contributed by atoms with Crippen LogP contribution in [-0.4, -0.2) is 86.3 Å². The standard InChI is InChI=1S/C16H24O10/c1-5-8(18)2-6-7(14(22)23)4-24-15(10(5)6)26-16-13(21)12(20)11(19)9(3-17)25-16/h4-6,8-13,15-21H,2-3H2,1H3,(H,22,23)/t5-,6+,8+,9-,10-,11-,12+,13-,15+,16-/m1/s1. The van der Waals surface area contributed by atoms with Crippen molar-refractivity contribution in [1.29, 1.82) is 0 Å². The van der Waals surface area contributed by atoms with Gasteiger partial charge in [-0.2, -0.15) is 0 Å². The highest BCUT2D eigenvalue weighted by molar-refractivity contribution is 5.87. The Morgan fingerprint density at radius 2 is 1.88 bits per heavy atom. The number of carboxylic acid groups (broad SMARTS) is 1. The highest BCUT2D eigenvalue weighted by Crippen LogP contribution is 2.47. The molecule has 0 aromatic carbocycles. The van der Waals surface area contributed by atoms with E-state index >= 15 is 0 Å². The number of aliphatic carboxylic acids is 1. The van der Waals surface area contributed by atoms with Gasteiger partial charge in [-0.15, -0.1) is 0 Å². The van der Waals surface area contributed by atoms with Crippen molar-refractivity contribution in [3.8, 4) is 0 Å². The van der Waals surface area contributed by atoms with Crippen molar-refractivity contribution in [1.82, 2.24) is 0 Å². The van der Waals surface area contributed by atoms with Gasteiger partial charge in [0.25, 0.3) is 0 Å². The molecule has 0 amide bonds. The molecule has 1 saturated heterocycles. The minimum absolute atomic E-state index is 0.0343. The normalized spacial score (nSPS) is 48.5. The first-order valence-electron chi connectivity index (χ1n) is 8.49. The van der Waals surface area contributed by atoms with E-state index in [9.17, 15) is 35.4 Å². The molecule has 6 N–H and O–H groups in total. The first kappa shape index (κ1) is 19.5. The van der Waals surface area contributed by atoms with Gasteiger partial charge in [-0.05, 0) is 12.3 Å². The molecule has 10 heteroatoms. The van der Waals surface area contributed by atoms with Crippen LogP contribution in [0.1, 0.15) is 13.3 Å². The monoisotopic (exact) mass is 376 g/mol. The maximum absolute atomic E-state index is 11.4. The van der Waals surface area contributed by atoms with Crippen molar-refractivity contribution in [2.75, 3.05) is 6.61 Å². The quantitative estimate of drug-likeness (QED) is 0.316. The zero-order valence-corrected chi connectivity index (χ0v) is 14.1. The number of aliphatic hydroxyl groups is 5. The fraction of sp³-hybridized carbons (Fsp3) is 0.812. The second kappa shape index (κ2) is 7.39. The molecular weight excluding hydrogens is 352 g/mol. The molecular formula is C16H24O10. The Balaban J connectivity index is 1.79. The van der Waals surface area contributed by atoms with Gasteiger partial charge in [0.2, 0.25) is 6.29 Å². The largest absolute Gasteiger partial charge is 0.478 e. The number of fused-ring (bicyclic) bond motifs is 1. The summed E-state index contributed by atoms with van der Waals surface area (Å²) in [5, 5.41) is 58.5. The Labute approximate surface area is 149 Å². The van der Waals surface area contributed by atoms with Gasteiger partial charge in [-0.3, -0.25) is 0 Å². The number of hydrogen-bond acceptors (Lipinski definition) is 9. The van der Waals surface area contributed by atoms with E-state index in [1.54, 1.807) is 6.92 Å². The lowest BCUT2D eigenvalue weighted by Crippen LogP contribution is -2.60. The molecule has 2 aliphatic heterocycles. The van der Waals surface area contributed by atoms with Crippen LogP contribution in [0.25, 0.3) is 0 Å². The minimum Gasteiger partial charge on any atom is -0.478 e. The smallest absolute Gasteiger partial charge is 0.334 e. The van der Waals surface area contributed by atoms with E-state index in [4.69, 9.17) is 14.2 Å². The van der Waals surface area contributed by atoms with Gasteiger partial charge in [0, 0.05) is 11.8 Å². The molecule has 0 bridgehead atoms. The molecule has 1 saturated carbocycles. The number of carboxylic acids is 1. The second-order valence-electron chi connectivity index (χ2n) is 7.06. The molecule has 0 aromatic rings. The van der Waals surface area contributed by atoms with Crippen molar-refractivity contribution in [2.24, 2.45) is 17.8 Å². The van der Waals surface area contributed by atoms with Gasteiger partial charge in [0.05, 0.1) is 24.5 Å². The topological polar surface area (TPSA) is 166 Å². The number of rotatable bonds is 4. The maximum atomic E-state index is 11.4. The fourth-order valence-electron chi connectivity index (χ4n) is 3.99. The summed E-state index contributed by atoms with van der Waals surface area (Å²) in [7, 11) is 0. The lowest BCUT2D eigenvalue weighted by molar-refractivity contribution is -0.342. The molecule has 2 heterocycles. The van der Waals surface area contributed by atoms with Crippen molar-refractivity contribution >= 4 is 5.97 Å². The molecule has 3 aliphatic rings. The van der Waals surface area contributed by atoms with Crippen LogP contribution in [-0.2, 0) is 19.0 Å². The summed E-state index contributed by atoms with van der Waals surface area (Å²) in [6, 6.07) is 0. The van der Waals surface area contributed by atoms with Crippen LogP contribution in [0.5, 0.6) is 0 Å². The third-order valence-corrected chi connectivity index (χ3v) is 5.58.